The second-order valence-electron chi connectivity index (χ2n) is 5.81. The Morgan fingerprint density at radius 2 is 1.89 bits per heavy atom. The lowest BCUT2D eigenvalue weighted by atomic mass is 10.1. The highest BCUT2D eigenvalue weighted by atomic mass is 19.4. The standard InChI is InChI=1S/C12H21F3N2O2/c1-8-7-9(12(13,14)15)16-5-6-17(8)10(18)19-11(2,3)4/h8-9,16H,5-7H2,1-4H3. The maximum absolute atomic E-state index is 12.7. The Kier molecular flexibility index (Phi) is 4.71. The van der Waals surface area contributed by atoms with Crippen molar-refractivity contribution in [3.63, 3.8) is 0 Å². The Balaban J connectivity index is 2.70. The Bertz CT molecular complexity index is 326. The van der Waals surface area contributed by atoms with Crippen molar-refractivity contribution in [2.45, 2.75) is 58.0 Å². The monoisotopic (exact) mass is 282 g/mol. The smallest absolute Gasteiger partial charge is 0.410 e. The van der Waals surface area contributed by atoms with Gasteiger partial charge in [0.05, 0.1) is 0 Å². The molecule has 0 aromatic rings. The zero-order chi connectivity index (χ0) is 14.8. The molecule has 0 bridgehead atoms. The third-order valence-electron chi connectivity index (χ3n) is 2.88. The fourth-order valence-electron chi connectivity index (χ4n) is 1.97. The highest BCUT2D eigenvalue weighted by Gasteiger charge is 2.43. The Labute approximate surface area is 111 Å². The van der Waals surface area contributed by atoms with Crippen LogP contribution >= 0.6 is 0 Å². The largest absolute Gasteiger partial charge is 0.444 e. The van der Waals surface area contributed by atoms with Gasteiger partial charge in [-0.1, -0.05) is 0 Å². The fraction of sp³-hybridized carbons (Fsp3) is 0.917. The molecule has 1 aliphatic rings. The first-order valence-corrected chi connectivity index (χ1v) is 6.30. The molecule has 1 amide bonds. The van der Waals surface area contributed by atoms with Gasteiger partial charge < -0.3 is 15.0 Å². The maximum atomic E-state index is 12.7. The lowest BCUT2D eigenvalue weighted by Crippen LogP contribution is -2.44. The molecule has 1 saturated heterocycles. The SMILES string of the molecule is CC1CC(C(F)(F)F)NCCN1C(=O)OC(C)(C)C. The minimum Gasteiger partial charge on any atom is -0.444 e. The molecule has 2 unspecified atom stereocenters. The molecule has 112 valence electrons. The van der Waals surface area contributed by atoms with Gasteiger partial charge in [0, 0.05) is 19.1 Å². The second-order valence-corrected chi connectivity index (χ2v) is 5.81. The normalized spacial score (nSPS) is 25.9. The summed E-state index contributed by atoms with van der Waals surface area (Å²) in [5, 5.41) is 2.43. The van der Waals surface area contributed by atoms with Gasteiger partial charge in [-0.2, -0.15) is 13.2 Å². The summed E-state index contributed by atoms with van der Waals surface area (Å²) in [6.07, 6.45) is -5.02. The van der Waals surface area contributed by atoms with Gasteiger partial charge in [0.25, 0.3) is 0 Å². The molecule has 0 aliphatic carbocycles. The summed E-state index contributed by atoms with van der Waals surface area (Å²) >= 11 is 0. The van der Waals surface area contributed by atoms with E-state index in [1.54, 1.807) is 27.7 Å². The number of halogens is 3. The van der Waals surface area contributed by atoms with Crippen molar-refractivity contribution >= 4 is 6.09 Å². The van der Waals surface area contributed by atoms with Gasteiger partial charge in [0.1, 0.15) is 11.6 Å². The summed E-state index contributed by atoms with van der Waals surface area (Å²) in [5.41, 5.74) is -0.653. The molecule has 0 spiro atoms. The summed E-state index contributed by atoms with van der Waals surface area (Å²) in [7, 11) is 0. The maximum Gasteiger partial charge on any atom is 0.410 e. The van der Waals surface area contributed by atoms with Crippen molar-refractivity contribution < 1.29 is 22.7 Å². The zero-order valence-electron chi connectivity index (χ0n) is 11.7. The van der Waals surface area contributed by atoms with Crippen LogP contribution < -0.4 is 5.32 Å². The molecule has 1 aliphatic heterocycles. The molecule has 19 heavy (non-hydrogen) atoms. The van der Waals surface area contributed by atoms with Crippen LogP contribution in [0.15, 0.2) is 0 Å². The van der Waals surface area contributed by atoms with E-state index in [0.29, 0.717) is 0 Å². The van der Waals surface area contributed by atoms with E-state index in [1.807, 2.05) is 0 Å². The highest BCUT2D eigenvalue weighted by molar-refractivity contribution is 5.68. The van der Waals surface area contributed by atoms with Gasteiger partial charge in [-0.3, -0.25) is 0 Å². The van der Waals surface area contributed by atoms with Gasteiger partial charge in [-0.25, -0.2) is 4.79 Å². The van der Waals surface area contributed by atoms with Gasteiger partial charge in [-0.15, -0.1) is 0 Å². The van der Waals surface area contributed by atoms with Crippen molar-refractivity contribution in [2.24, 2.45) is 0 Å². The van der Waals surface area contributed by atoms with Crippen molar-refractivity contribution in [3.8, 4) is 0 Å². The molecule has 7 heteroatoms. The van der Waals surface area contributed by atoms with Crippen LogP contribution in [0.1, 0.15) is 34.1 Å². The number of hydrogen-bond donors (Lipinski definition) is 1. The number of rotatable bonds is 0. The van der Waals surface area contributed by atoms with Crippen LogP contribution in [0.2, 0.25) is 0 Å². The van der Waals surface area contributed by atoms with Crippen LogP contribution in [0.3, 0.4) is 0 Å². The Morgan fingerprint density at radius 1 is 1.32 bits per heavy atom. The van der Waals surface area contributed by atoms with Gasteiger partial charge in [0.15, 0.2) is 0 Å². The van der Waals surface area contributed by atoms with Crippen molar-refractivity contribution in [3.05, 3.63) is 0 Å². The van der Waals surface area contributed by atoms with E-state index >= 15 is 0 Å². The summed E-state index contributed by atoms with van der Waals surface area (Å²) < 4.78 is 43.3. The van der Waals surface area contributed by atoms with E-state index in [1.165, 1.54) is 4.90 Å². The summed E-state index contributed by atoms with van der Waals surface area (Å²) in [4.78, 5) is 13.3. The van der Waals surface area contributed by atoms with Gasteiger partial charge in [0.2, 0.25) is 0 Å². The molecule has 0 aromatic heterocycles. The van der Waals surface area contributed by atoms with E-state index in [-0.39, 0.29) is 19.5 Å². The zero-order valence-corrected chi connectivity index (χ0v) is 11.7. The van der Waals surface area contributed by atoms with Crippen LogP contribution in [-0.4, -0.2) is 47.9 Å². The number of amides is 1. The van der Waals surface area contributed by atoms with Crippen LogP contribution in [0.4, 0.5) is 18.0 Å². The van der Waals surface area contributed by atoms with Crippen LogP contribution in [0.5, 0.6) is 0 Å². The van der Waals surface area contributed by atoms with E-state index in [0.717, 1.165) is 0 Å². The molecule has 0 aromatic carbocycles. The minimum atomic E-state index is -4.29. The van der Waals surface area contributed by atoms with Crippen LogP contribution in [-0.2, 0) is 4.74 Å². The summed E-state index contributed by atoms with van der Waals surface area (Å²) in [6.45, 7) is 7.10. The molecule has 1 N–H and O–H groups in total. The lowest BCUT2D eigenvalue weighted by Gasteiger charge is -2.30. The number of hydrogen-bond acceptors (Lipinski definition) is 3. The molecule has 1 heterocycles. The third-order valence-corrected chi connectivity index (χ3v) is 2.88. The average molecular weight is 282 g/mol. The van der Waals surface area contributed by atoms with E-state index in [4.69, 9.17) is 4.74 Å². The number of nitrogens with zero attached hydrogens (tertiary/aromatic N) is 1. The van der Waals surface area contributed by atoms with Crippen molar-refractivity contribution in [1.82, 2.24) is 10.2 Å². The number of carbonyl (C=O) groups excluding carboxylic acids is 1. The molecular formula is C12H21F3N2O2. The molecule has 0 radical (unpaired) electrons. The first-order valence-electron chi connectivity index (χ1n) is 6.30. The first-order chi connectivity index (χ1) is 8.50. The second kappa shape index (κ2) is 5.56. The van der Waals surface area contributed by atoms with Gasteiger partial charge in [-0.05, 0) is 34.1 Å². The fourth-order valence-corrected chi connectivity index (χ4v) is 1.97. The quantitative estimate of drug-likeness (QED) is 0.742. The predicted octanol–water partition coefficient (Wildman–Crippen LogP) is 2.54. The number of carbonyl (C=O) groups is 1. The Hall–Kier alpha value is -0.980. The summed E-state index contributed by atoms with van der Waals surface area (Å²) in [6, 6.07) is -2.09. The lowest BCUT2D eigenvalue weighted by molar-refractivity contribution is -0.157. The van der Waals surface area contributed by atoms with Gasteiger partial charge >= 0.3 is 12.3 Å². The van der Waals surface area contributed by atoms with Crippen molar-refractivity contribution in [1.29, 1.82) is 0 Å². The predicted molar refractivity (Wildman–Crippen MR) is 64.9 cm³/mol. The summed E-state index contributed by atoms with van der Waals surface area (Å²) in [5.74, 6) is 0. The molecule has 0 saturated carbocycles. The average Bonchev–Trinajstić information content (AvgIpc) is 2.36. The van der Waals surface area contributed by atoms with E-state index in [9.17, 15) is 18.0 Å². The number of nitrogens with one attached hydrogen (secondary N) is 1. The highest BCUT2D eigenvalue weighted by Crippen LogP contribution is 2.26. The van der Waals surface area contributed by atoms with E-state index < -0.39 is 30.0 Å². The molecule has 2 atom stereocenters. The third kappa shape index (κ3) is 4.89. The number of alkyl halides is 3. The van der Waals surface area contributed by atoms with E-state index in [2.05, 4.69) is 5.32 Å². The molecule has 1 fully saturated rings. The minimum absolute atomic E-state index is 0.105. The van der Waals surface area contributed by atoms with Crippen LogP contribution in [0, 0.1) is 0 Å². The Morgan fingerprint density at radius 3 is 2.37 bits per heavy atom. The number of ether oxygens (including phenoxy) is 1. The topological polar surface area (TPSA) is 41.6 Å². The molecular weight excluding hydrogens is 261 g/mol. The molecule has 4 nitrogen and oxygen atoms in total. The first kappa shape index (κ1) is 16.1. The van der Waals surface area contributed by atoms with Crippen LogP contribution in [0.25, 0.3) is 0 Å². The van der Waals surface area contributed by atoms with Crippen molar-refractivity contribution in [2.75, 3.05) is 13.1 Å². The molecule has 1 rings (SSSR count).